The molecule has 4 amide bonds. The van der Waals surface area contributed by atoms with E-state index >= 15 is 0 Å². The van der Waals surface area contributed by atoms with E-state index in [0.717, 1.165) is 54.5 Å². The van der Waals surface area contributed by atoms with Gasteiger partial charge in [0.05, 0.1) is 33.0 Å². The number of rotatable bonds is 26. The van der Waals surface area contributed by atoms with Gasteiger partial charge in [0.2, 0.25) is 23.6 Å². The number of hydrogen-bond acceptors (Lipinski definition) is 9. The third-order valence-electron chi connectivity index (χ3n) is 7.77. The van der Waals surface area contributed by atoms with Crippen LogP contribution in [0.15, 0.2) is 72.8 Å². The number of anilines is 2. The number of ether oxygens (including phenoxy) is 5. The molecule has 0 unspecified atom stereocenters. The fourth-order valence-corrected chi connectivity index (χ4v) is 4.78. The highest BCUT2D eigenvalue weighted by atomic mass is 16.5. The van der Waals surface area contributed by atoms with Crippen molar-refractivity contribution < 1.29 is 42.9 Å². The monoisotopic (exact) mass is 764 g/mol. The summed E-state index contributed by atoms with van der Waals surface area (Å²) in [4.78, 5) is 46.6. The Morgan fingerprint density at radius 2 is 0.982 bits per heavy atom. The molecule has 0 aliphatic carbocycles. The highest BCUT2D eigenvalue weighted by Gasteiger charge is 2.06. The van der Waals surface area contributed by atoms with E-state index in [4.69, 9.17) is 23.7 Å². The van der Waals surface area contributed by atoms with Crippen LogP contribution in [0.25, 0.3) is 11.1 Å². The number of benzene rings is 3. The van der Waals surface area contributed by atoms with Gasteiger partial charge in [0.15, 0.2) is 0 Å². The van der Waals surface area contributed by atoms with Crippen molar-refractivity contribution >= 4 is 35.0 Å². The van der Waals surface area contributed by atoms with E-state index < -0.39 is 0 Å². The lowest BCUT2D eigenvalue weighted by atomic mass is 10.0. The third kappa shape index (κ3) is 22.3. The average molecular weight is 765 g/mol. The Balaban J connectivity index is 0.000000393. The second kappa shape index (κ2) is 29.7. The van der Waals surface area contributed by atoms with Gasteiger partial charge in [-0.3, -0.25) is 19.2 Å². The van der Waals surface area contributed by atoms with Gasteiger partial charge in [0, 0.05) is 31.6 Å². The van der Waals surface area contributed by atoms with Gasteiger partial charge >= 0.3 is 0 Å². The molecule has 0 atom stereocenters. The fraction of sp³-hybridized carbons (Fsp3) is 0.476. The van der Waals surface area contributed by atoms with Crippen molar-refractivity contribution in [3.63, 3.8) is 0 Å². The second-order valence-electron chi connectivity index (χ2n) is 12.5. The van der Waals surface area contributed by atoms with Crippen molar-refractivity contribution in [1.82, 2.24) is 10.6 Å². The molecule has 0 fully saturated rings. The van der Waals surface area contributed by atoms with E-state index in [0.29, 0.717) is 25.4 Å². The fourth-order valence-electron chi connectivity index (χ4n) is 4.78. The van der Waals surface area contributed by atoms with E-state index in [1.54, 1.807) is 7.11 Å². The number of nitrogens with one attached hydrogen (secondary N) is 4. The molecular formula is C42H60N4O9. The van der Waals surface area contributed by atoms with Crippen LogP contribution in [0.4, 0.5) is 11.4 Å². The zero-order valence-corrected chi connectivity index (χ0v) is 32.9. The first kappa shape index (κ1) is 46.5. The van der Waals surface area contributed by atoms with Gasteiger partial charge < -0.3 is 45.0 Å². The van der Waals surface area contributed by atoms with Crippen molar-refractivity contribution in [1.29, 1.82) is 0 Å². The summed E-state index contributed by atoms with van der Waals surface area (Å²) in [5, 5.41) is 11.1. The average Bonchev–Trinajstić information content (AvgIpc) is 3.19. The lowest BCUT2D eigenvalue weighted by Gasteiger charge is -2.09. The van der Waals surface area contributed by atoms with Crippen LogP contribution in [0, 0.1) is 0 Å². The molecule has 55 heavy (non-hydrogen) atoms. The second-order valence-corrected chi connectivity index (χ2v) is 12.5. The molecule has 13 heteroatoms. The highest BCUT2D eigenvalue weighted by molar-refractivity contribution is 5.92. The topological polar surface area (TPSA) is 163 Å². The van der Waals surface area contributed by atoms with Crippen LogP contribution in [0.2, 0.25) is 0 Å². The molecule has 3 rings (SSSR count). The maximum absolute atomic E-state index is 12.0. The molecule has 3 aromatic carbocycles. The first-order valence-electron chi connectivity index (χ1n) is 19.0. The normalized spacial score (nSPS) is 10.5. The predicted molar refractivity (Wildman–Crippen MR) is 215 cm³/mol. The van der Waals surface area contributed by atoms with Gasteiger partial charge in [-0.2, -0.15) is 0 Å². The number of carbonyl (C=O) groups is 4. The molecular weight excluding hydrogens is 704 g/mol. The minimum atomic E-state index is -0.242. The molecule has 0 aliphatic rings. The van der Waals surface area contributed by atoms with Crippen LogP contribution in [-0.2, 0) is 55.9 Å². The first-order chi connectivity index (χ1) is 26.8. The highest BCUT2D eigenvalue weighted by Crippen LogP contribution is 2.22. The van der Waals surface area contributed by atoms with Crippen LogP contribution in [0.1, 0.15) is 57.6 Å². The number of aryl methyl sites for hydroxylation is 1. The molecule has 0 saturated heterocycles. The van der Waals surface area contributed by atoms with Crippen molar-refractivity contribution in [2.45, 2.75) is 59.5 Å². The van der Waals surface area contributed by atoms with Crippen LogP contribution >= 0.6 is 0 Å². The Morgan fingerprint density at radius 3 is 1.44 bits per heavy atom. The zero-order chi connectivity index (χ0) is 39.9. The van der Waals surface area contributed by atoms with Gasteiger partial charge in [0.1, 0.15) is 26.4 Å². The molecule has 4 N–H and O–H groups in total. The van der Waals surface area contributed by atoms with Gasteiger partial charge in [-0.05, 0) is 65.8 Å². The number of unbranched alkanes of at least 4 members (excludes halogenated alkanes) is 2. The van der Waals surface area contributed by atoms with E-state index in [2.05, 4.69) is 42.0 Å². The summed E-state index contributed by atoms with van der Waals surface area (Å²) < 4.78 is 26.1. The zero-order valence-electron chi connectivity index (χ0n) is 32.9. The Labute approximate surface area is 326 Å². The van der Waals surface area contributed by atoms with Crippen LogP contribution in [0.3, 0.4) is 0 Å². The summed E-state index contributed by atoms with van der Waals surface area (Å²) in [5.74, 6) is -0.716. The standard InChI is InChI=1S/C24H32N2O5.C18H28N2O4/c1-3-4-13-25-23(27)17-30-14-15-31-18-24(28)26-22-11-9-21(10-12-22)20-7-5-19(6-8-20)16-29-2;1-3-5-9-19-17(21)13-23-10-11-24-14-18(22)20-16-8-6-7-15(4-2)12-16/h5-12H,3-4,13-18H2,1-2H3,(H,25,27)(H,26,28);6-8,12H,3-5,9-11,13-14H2,1-2H3,(H,19,21)(H,20,22). The largest absolute Gasteiger partial charge is 0.380 e. The molecule has 0 aromatic heterocycles. The molecule has 0 spiro atoms. The van der Waals surface area contributed by atoms with Gasteiger partial charge in [-0.25, -0.2) is 0 Å². The maximum Gasteiger partial charge on any atom is 0.250 e. The molecule has 302 valence electrons. The summed E-state index contributed by atoms with van der Waals surface area (Å²) in [7, 11) is 1.68. The molecule has 0 aliphatic heterocycles. The minimum Gasteiger partial charge on any atom is -0.380 e. The summed E-state index contributed by atoms with van der Waals surface area (Å²) in [6.45, 7) is 9.07. The van der Waals surface area contributed by atoms with Crippen molar-refractivity contribution in [2.24, 2.45) is 0 Å². The summed E-state index contributed by atoms with van der Waals surface area (Å²) in [6, 6.07) is 23.5. The Kier molecular flexibility index (Phi) is 25.1. The van der Waals surface area contributed by atoms with E-state index in [-0.39, 0.29) is 76.5 Å². The quantitative estimate of drug-likeness (QED) is 0.0771. The number of methoxy groups -OCH3 is 1. The minimum absolute atomic E-state index is 0.000722. The smallest absolute Gasteiger partial charge is 0.250 e. The molecule has 0 heterocycles. The third-order valence-corrected chi connectivity index (χ3v) is 7.77. The number of hydrogen-bond donors (Lipinski definition) is 4. The van der Waals surface area contributed by atoms with Crippen LogP contribution < -0.4 is 21.3 Å². The van der Waals surface area contributed by atoms with Crippen molar-refractivity contribution in [2.75, 3.05) is 83.7 Å². The maximum atomic E-state index is 12.0. The SMILES string of the molecule is CCCCNC(=O)COCCOCC(=O)Nc1ccc(-c2ccc(COC)cc2)cc1.CCCCNC(=O)COCCOCC(=O)Nc1cccc(CC)c1. The number of carbonyl (C=O) groups excluding carboxylic acids is 4. The summed E-state index contributed by atoms with van der Waals surface area (Å²) in [6.07, 6.45) is 4.91. The Hall–Kier alpha value is -4.66. The molecule has 0 radical (unpaired) electrons. The molecule has 0 bridgehead atoms. The molecule has 13 nitrogen and oxygen atoms in total. The van der Waals surface area contributed by atoms with Crippen LogP contribution in [0.5, 0.6) is 0 Å². The Bertz CT molecular complexity index is 1520. The molecule has 0 saturated carbocycles. The van der Waals surface area contributed by atoms with Crippen LogP contribution in [-0.4, -0.2) is 96.7 Å². The van der Waals surface area contributed by atoms with Gasteiger partial charge in [-0.1, -0.05) is 82.1 Å². The first-order valence-corrected chi connectivity index (χ1v) is 19.0. The Morgan fingerprint density at radius 1 is 0.527 bits per heavy atom. The molecule has 3 aromatic rings. The summed E-state index contributed by atoms with van der Waals surface area (Å²) >= 11 is 0. The van der Waals surface area contributed by atoms with E-state index in [1.807, 2.05) is 72.8 Å². The number of amides is 4. The lowest BCUT2D eigenvalue weighted by molar-refractivity contribution is -0.127. The van der Waals surface area contributed by atoms with Gasteiger partial charge in [-0.15, -0.1) is 0 Å². The lowest BCUT2D eigenvalue weighted by Crippen LogP contribution is -2.29. The van der Waals surface area contributed by atoms with Crippen molar-refractivity contribution in [3.05, 3.63) is 83.9 Å². The van der Waals surface area contributed by atoms with Gasteiger partial charge in [0.25, 0.3) is 0 Å². The predicted octanol–water partition coefficient (Wildman–Crippen LogP) is 5.53. The van der Waals surface area contributed by atoms with E-state index in [1.165, 1.54) is 5.56 Å². The summed E-state index contributed by atoms with van der Waals surface area (Å²) in [5.41, 5.74) is 5.92. The van der Waals surface area contributed by atoms with E-state index in [9.17, 15) is 19.2 Å². The van der Waals surface area contributed by atoms with Crippen molar-refractivity contribution in [3.8, 4) is 11.1 Å².